The Balaban J connectivity index is 0.000000249. The van der Waals surface area contributed by atoms with E-state index >= 15 is 0 Å². The monoisotopic (exact) mass is 225 g/mol. The van der Waals surface area contributed by atoms with Crippen molar-refractivity contribution >= 4 is 5.97 Å². The number of hydrogen-bond acceptors (Lipinski definition) is 2. The number of rotatable bonds is 2. The van der Waals surface area contributed by atoms with Gasteiger partial charge in [0.15, 0.2) is 0 Å². The minimum atomic E-state index is -1.23. The first kappa shape index (κ1) is 12.7. The summed E-state index contributed by atoms with van der Waals surface area (Å²) in [4.78, 5) is 9.14. The molecular formula is C15H13O2-. The van der Waals surface area contributed by atoms with Crippen LogP contribution >= 0.6 is 0 Å². The number of carboxylic acid groups (broad SMARTS) is 1. The number of carbonyl (C=O) groups excluding carboxylic acids is 1. The molecule has 2 aromatic rings. The van der Waals surface area contributed by atoms with E-state index in [1.54, 1.807) is 0 Å². The molecule has 0 amide bonds. The van der Waals surface area contributed by atoms with Gasteiger partial charge in [0, 0.05) is 0 Å². The van der Waals surface area contributed by atoms with E-state index in [9.17, 15) is 0 Å². The van der Waals surface area contributed by atoms with Gasteiger partial charge >= 0.3 is 0 Å². The van der Waals surface area contributed by atoms with Crippen molar-refractivity contribution in [3.05, 3.63) is 73.3 Å². The van der Waals surface area contributed by atoms with E-state index in [2.05, 4.69) is 55.1 Å². The lowest BCUT2D eigenvalue weighted by Gasteiger charge is -1.98. The number of carbonyl (C=O) groups is 1. The largest absolute Gasteiger partial charge is 0.545 e. The van der Waals surface area contributed by atoms with Gasteiger partial charge in [0.05, 0.1) is 5.97 Å². The molecule has 0 aliphatic heterocycles. The minimum Gasteiger partial charge on any atom is -0.545 e. The van der Waals surface area contributed by atoms with E-state index in [4.69, 9.17) is 9.90 Å². The SMILES string of the molecule is C=CC(=O)[O-].c1ccc(-c2ccccc2)cc1. The summed E-state index contributed by atoms with van der Waals surface area (Å²) >= 11 is 0. The fourth-order valence-corrected chi connectivity index (χ4v) is 1.26. The smallest absolute Gasteiger partial charge is 0.0636 e. The molecule has 0 unspecified atom stereocenters. The van der Waals surface area contributed by atoms with E-state index in [0.29, 0.717) is 0 Å². The predicted octanol–water partition coefficient (Wildman–Crippen LogP) is 2.28. The summed E-state index contributed by atoms with van der Waals surface area (Å²) in [5, 5.41) is 9.14. The molecule has 0 bridgehead atoms. The first-order valence-electron chi connectivity index (χ1n) is 5.18. The second-order valence-corrected chi connectivity index (χ2v) is 3.26. The quantitative estimate of drug-likeness (QED) is 0.735. The third-order valence-electron chi connectivity index (χ3n) is 2.05. The van der Waals surface area contributed by atoms with Gasteiger partial charge in [0.2, 0.25) is 0 Å². The van der Waals surface area contributed by atoms with Crippen LogP contribution in [0, 0.1) is 0 Å². The molecule has 0 aromatic heterocycles. The summed E-state index contributed by atoms with van der Waals surface area (Å²) in [5.74, 6) is -1.23. The van der Waals surface area contributed by atoms with E-state index < -0.39 is 5.97 Å². The Morgan fingerprint density at radius 1 is 0.882 bits per heavy atom. The molecule has 86 valence electrons. The lowest BCUT2D eigenvalue weighted by Crippen LogP contribution is -2.17. The van der Waals surface area contributed by atoms with Gasteiger partial charge in [-0.25, -0.2) is 0 Å². The topological polar surface area (TPSA) is 40.1 Å². The van der Waals surface area contributed by atoms with Crippen molar-refractivity contribution in [2.75, 3.05) is 0 Å². The molecule has 2 heteroatoms. The van der Waals surface area contributed by atoms with Crippen molar-refractivity contribution in [3.8, 4) is 11.1 Å². The lowest BCUT2D eigenvalue weighted by molar-refractivity contribution is -0.297. The molecule has 0 saturated heterocycles. The van der Waals surface area contributed by atoms with E-state index in [1.165, 1.54) is 11.1 Å². The van der Waals surface area contributed by atoms with Crippen molar-refractivity contribution in [2.24, 2.45) is 0 Å². The molecule has 0 radical (unpaired) electrons. The van der Waals surface area contributed by atoms with Gasteiger partial charge in [0.1, 0.15) is 0 Å². The molecule has 0 saturated carbocycles. The molecule has 0 aliphatic carbocycles. The number of hydrogen-bond donors (Lipinski definition) is 0. The van der Waals surface area contributed by atoms with Crippen LogP contribution in [0.5, 0.6) is 0 Å². The number of benzene rings is 2. The third-order valence-corrected chi connectivity index (χ3v) is 2.05. The Morgan fingerprint density at radius 3 is 1.41 bits per heavy atom. The van der Waals surface area contributed by atoms with Crippen LogP contribution in [0.3, 0.4) is 0 Å². The molecule has 2 nitrogen and oxygen atoms in total. The van der Waals surface area contributed by atoms with Crippen molar-refractivity contribution in [1.82, 2.24) is 0 Å². The van der Waals surface area contributed by atoms with Crippen LogP contribution in [0.25, 0.3) is 11.1 Å². The molecule has 0 heterocycles. The first-order valence-corrected chi connectivity index (χ1v) is 5.18. The van der Waals surface area contributed by atoms with Gasteiger partial charge in [-0.2, -0.15) is 0 Å². The Kier molecular flexibility index (Phi) is 5.25. The highest BCUT2D eigenvalue weighted by molar-refractivity contribution is 5.76. The molecule has 0 aliphatic rings. The molecule has 0 atom stereocenters. The summed E-state index contributed by atoms with van der Waals surface area (Å²) in [5.41, 5.74) is 2.55. The lowest BCUT2D eigenvalue weighted by atomic mass is 10.1. The summed E-state index contributed by atoms with van der Waals surface area (Å²) in [6.45, 7) is 2.90. The zero-order chi connectivity index (χ0) is 12.5. The van der Waals surface area contributed by atoms with Crippen LogP contribution in [0.4, 0.5) is 0 Å². The number of aliphatic carboxylic acids is 1. The first-order chi connectivity index (χ1) is 8.24. The fraction of sp³-hybridized carbons (Fsp3) is 0. The molecule has 0 N–H and O–H groups in total. The van der Waals surface area contributed by atoms with Crippen LogP contribution in [0.15, 0.2) is 73.3 Å². The molecule has 0 fully saturated rings. The maximum Gasteiger partial charge on any atom is 0.0636 e. The van der Waals surface area contributed by atoms with Gasteiger partial charge in [-0.15, -0.1) is 0 Å². The maximum atomic E-state index is 9.14. The maximum absolute atomic E-state index is 9.14. The Hall–Kier alpha value is -2.35. The summed E-state index contributed by atoms with van der Waals surface area (Å²) in [6.07, 6.45) is 0.722. The highest BCUT2D eigenvalue weighted by Gasteiger charge is 1.91. The van der Waals surface area contributed by atoms with Crippen molar-refractivity contribution in [3.63, 3.8) is 0 Å². The standard InChI is InChI=1S/C12H10.C3H4O2/c1-3-7-11(8-4-1)12-9-5-2-6-10-12;1-2-3(4)5/h1-10H;2H,1H2,(H,4,5)/p-1. The van der Waals surface area contributed by atoms with Crippen molar-refractivity contribution < 1.29 is 9.90 Å². The average molecular weight is 225 g/mol. The van der Waals surface area contributed by atoms with Crippen LogP contribution in [0.1, 0.15) is 0 Å². The predicted molar refractivity (Wildman–Crippen MR) is 67.1 cm³/mol. The van der Waals surface area contributed by atoms with Crippen molar-refractivity contribution in [2.45, 2.75) is 0 Å². The summed E-state index contributed by atoms with van der Waals surface area (Å²) in [7, 11) is 0. The summed E-state index contributed by atoms with van der Waals surface area (Å²) < 4.78 is 0. The average Bonchev–Trinajstić information content (AvgIpc) is 2.41. The van der Waals surface area contributed by atoms with E-state index in [1.807, 2.05) is 12.1 Å². The highest BCUT2D eigenvalue weighted by atomic mass is 16.4. The molecule has 2 aromatic carbocycles. The summed E-state index contributed by atoms with van der Waals surface area (Å²) in [6, 6.07) is 20.8. The Morgan fingerprint density at radius 2 is 1.18 bits per heavy atom. The van der Waals surface area contributed by atoms with E-state index in [-0.39, 0.29) is 0 Å². The molecule has 17 heavy (non-hydrogen) atoms. The van der Waals surface area contributed by atoms with E-state index in [0.717, 1.165) is 6.08 Å². The third kappa shape index (κ3) is 4.80. The number of carboxylic acids is 1. The van der Waals surface area contributed by atoms with Crippen LogP contribution < -0.4 is 5.11 Å². The van der Waals surface area contributed by atoms with Gasteiger partial charge in [-0.3, -0.25) is 0 Å². The molecular weight excluding hydrogens is 212 g/mol. The van der Waals surface area contributed by atoms with Gasteiger partial charge in [-0.1, -0.05) is 67.2 Å². The zero-order valence-corrected chi connectivity index (χ0v) is 9.37. The Labute approximate surface area is 101 Å². The van der Waals surface area contributed by atoms with Gasteiger partial charge < -0.3 is 9.90 Å². The highest BCUT2D eigenvalue weighted by Crippen LogP contribution is 2.17. The van der Waals surface area contributed by atoms with Gasteiger partial charge in [-0.05, 0) is 17.2 Å². The Bertz CT molecular complexity index is 423. The van der Waals surface area contributed by atoms with Crippen LogP contribution in [0.2, 0.25) is 0 Å². The minimum absolute atomic E-state index is 0.722. The van der Waals surface area contributed by atoms with Gasteiger partial charge in [0.25, 0.3) is 0 Å². The fourth-order valence-electron chi connectivity index (χ4n) is 1.26. The van der Waals surface area contributed by atoms with Crippen LogP contribution in [-0.4, -0.2) is 5.97 Å². The molecule has 0 spiro atoms. The second kappa shape index (κ2) is 7.01. The molecule has 2 rings (SSSR count). The second-order valence-electron chi connectivity index (χ2n) is 3.26. The normalized spacial score (nSPS) is 8.71. The zero-order valence-electron chi connectivity index (χ0n) is 9.37. The van der Waals surface area contributed by atoms with Crippen molar-refractivity contribution in [1.29, 1.82) is 0 Å². The van der Waals surface area contributed by atoms with Crippen LogP contribution in [-0.2, 0) is 4.79 Å².